The lowest BCUT2D eigenvalue weighted by molar-refractivity contribution is 0.399. The van der Waals surface area contributed by atoms with Crippen LogP contribution in [0.2, 0.25) is 0 Å². The Hall–Kier alpha value is -0.800. The Kier molecular flexibility index (Phi) is 51.4. The first-order chi connectivity index (χ1) is 19.4. The van der Waals surface area contributed by atoms with Crippen molar-refractivity contribution >= 4 is 0 Å². The normalized spacial score (nSPS) is 19.5. The van der Waals surface area contributed by atoms with E-state index in [1.54, 1.807) is 0 Å². The van der Waals surface area contributed by atoms with Crippen molar-refractivity contribution in [2.75, 3.05) is 14.2 Å². The van der Waals surface area contributed by atoms with Crippen LogP contribution in [0.4, 0.5) is 0 Å². The lowest BCUT2D eigenvalue weighted by atomic mass is 10.0. The third kappa shape index (κ3) is 47.3. The highest BCUT2D eigenvalue weighted by molar-refractivity contribution is 4.57. The maximum atomic E-state index is 7.00. The van der Waals surface area contributed by atoms with Crippen LogP contribution < -0.4 is 0 Å². The summed E-state index contributed by atoms with van der Waals surface area (Å²) in [5, 5.41) is 14.0. The monoisotopic (exact) mass is 555 g/mol. The van der Waals surface area contributed by atoms with Crippen LogP contribution in [0.3, 0.4) is 0 Å². The summed E-state index contributed by atoms with van der Waals surface area (Å²) < 4.78 is 4.36. The van der Waals surface area contributed by atoms with Gasteiger partial charge in [0.05, 0.1) is 12.5 Å². The summed E-state index contributed by atoms with van der Waals surface area (Å²) in [6.45, 7) is 6.51. The largest absolute Gasteiger partial charge is 0.474 e. The minimum Gasteiger partial charge on any atom is -0.474 e. The first-order valence-corrected chi connectivity index (χ1v) is 17.2. The van der Waals surface area contributed by atoms with Crippen LogP contribution in [0, 0.1) is 0 Å². The van der Waals surface area contributed by atoms with Gasteiger partial charge in [-0.2, -0.15) is 0 Å². The van der Waals surface area contributed by atoms with Crippen molar-refractivity contribution in [3.63, 3.8) is 0 Å². The number of aliphatic hydroxyl groups excluding tert-OH is 2. The molecule has 0 heterocycles. The van der Waals surface area contributed by atoms with Gasteiger partial charge in [0.2, 0.25) is 0 Å². The van der Waals surface area contributed by atoms with E-state index in [0.29, 0.717) is 0 Å². The van der Waals surface area contributed by atoms with Crippen molar-refractivity contribution in [1.29, 1.82) is 0 Å². The summed E-state index contributed by atoms with van der Waals surface area (Å²) >= 11 is 0. The van der Waals surface area contributed by atoms with Gasteiger partial charge in [0, 0.05) is 14.2 Å². The van der Waals surface area contributed by atoms with Crippen molar-refractivity contribution < 1.29 is 14.9 Å². The van der Waals surface area contributed by atoms with E-state index >= 15 is 0 Å². The lowest BCUT2D eigenvalue weighted by Crippen LogP contribution is -1.85. The molecule has 0 unspecified atom stereocenters. The van der Waals surface area contributed by atoms with Crippen LogP contribution in [0.15, 0.2) is 25.7 Å². The molecule has 0 amide bonds. The molecule has 0 aliphatic heterocycles. The fraction of sp³-hybridized carbons (Fsp3) is 0.889. The van der Waals surface area contributed by atoms with Gasteiger partial charge < -0.3 is 14.9 Å². The fourth-order valence-electron chi connectivity index (χ4n) is 5.37. The number of hydrogen-bond donors (Lipinski definition) is 2. The predicted molar refractivity (Wildman–Crippen MR) is 176 cm³/mol. The molecule has 3 aliphatic carbocycles. The third-order valence-corrected chi connectivity index (χ3v) is 7.69. The maximum absolute atomic E-state index is 7.00. The van der Waals surface area contributed by atoms with Crippen molar-refractivity contribution in [3.8, 4) is 0 Å². The van der Waals surface area contributed by atoms with Crippen LogP contribution in [0.5, 0.6) is 0 Å². The molecule has 0 radical (unpaired) electrons. The average Bonchev–Trinajstić information content (AvgIpc) is 3.01. The molecule has 0 aromatic heterocycles. The second kappa shape index (κ2) is 47.0. The van der Waals surface area contributed by atoms with Gasteiger partial charge in [-0.1, -0.05) is 206 Å². The van der Waals surface area contributed by atoms with Gasteiger partial charge >= 0.3 is 0 Å². The highest BCUT2D eigenvalue weighted by Gasteiger charge is 1.97. The topological polar surface area (TPSA) is 49.7 Å². The van der Waals surface area contributed by atoms with E-state index in [0.717, 1.165) is 14.2 Å². The van der Waals surface area contributed by atoms with Crippen LogP contribution in [-0.4, -0.2) is 24.4 Å². The van der Waals surface area contributed by atoms with Crippen LogP contribution in [0.1, 0.15) is 193 Å². The van der Waals surface area contributed by atoms with Crippen molar-refractivity contribution in [2.24, 2.45) is 0 Å². The van der Waals surface area contributed by atoms with Crippen molar-refractivity contribution in [2.45, 2.75) is 193 Å². The zero-order valence-corrected chi connectivity index (χ0v) is 27.1. The van der Waals surface area contributed by atoms with Gasteiger partial charge in [0.1, 0.15) is 0 Å². The van der Waals surface area contributed by atoms with Crippen molar-refractivity contribution in [1.82, 2.24) is 0 Å². The second-order valence-electron chi connectivity index (χ2n) is 11.1. The molecule has 0 spiro atoms. The van der Waals surface area contributed by atoms with Gasteiger partial charge in [-0.25, -0.2) is 0 Å². The first-order valence-electron chi connectivity index (χ1n) is 17.2. The first kappa shape index (κ1) is 42.7. The molecule has 39 heavy (non-hydrogen) atoms. The SMILES string of the molecule is C1CCCCCCCCC1.C1CCCCCCCCC1.C1CCCCCCCCC1.C=COC=C.CO.CO. The van der Waals surface area contributed by atoms with Crippen LogP contribution >= 0.6 is 0 Å². The molecule has 0 aromatic carbocycles. The Labute approximate surface area is 247 Å². The van der Waals surface area contributed by atoms with Gasteiger partial charge in [0.25, 0.3) is 0 Å². The Morgan fingerprint density at radius 1 is 0.282 bits per heavy atom. The average molecular weight is 555 g/mol. The molecular weight excluding hydrogens is 480 g/mol. The standard InChI is InChI=1S/3C10H20.C4H6O.2CH4O/c3*1-2-4-6-8-10-9-7-5-3-1;1-3-5-4-2;2*1-2/h3*1-10H2;3-4H,1-2H2;2*2H,1H3. The summed E-state index contributed by atoms with van der Waals surface area (Å²) in [6.07, 6.45) is 47.6. The minimum absolute atomic E-state index is 1.00. The third-order valence-electron chi connectivity index (χ3n) is 7.69. The summed E-state index contributed by atoms with van der Waals surface area (Å²) in [7, 11) is 2.00. The molecule has 3 fully saturated rings. The Morgan fingerprint density at radius 3 is 0.385 bits per heavy atom. The number of aliphatic hydroxyl groups is 2. The van der Waals surface area contributed by atoms with Gasteiger partial charge in [-0.05, 0) is 0 Å². The van der Waals surface area contributed by atoms with E-state index in [2.05, 4.69) is 17.9 Å². The Bertz CT molecular complexity index is 244. The van der Waals surface area contributed by atoms with Crippen molar-refractivity contribution in [3.05, 3.63) is 25.7 Å². The molecule has 3 nitrogen and oxygen atoms in total. The van der Waals surface area contributed by atoms with Crippen LogP contribution in [-0.2, 0) is 4.74 Å². The molecule has 0 aromatic rings. The molecular formula is C36H74O3. The summed E-state index contributed by atoms with van der Waals surface area (Å²) in [5.74, 6) is 0. The quantitative estimate of drug-likeness (QED) is 0.334. The molecule has 3 aliphatic rings. The minimum atomic E-state index is 1.00. The number of hydrogen-bond acceptors (Lipinski definition) is 3. The highest BCUT2D eigenvalue weighted by Crippen LogP contribution is 2.17. The lowest BCUT2D eigenvalue weighted by Gasteiger charge is -2.05. The fourth-order valence-corrected chi connectivity index (χ4v) is 5.37. The zero-order chi connectivity index (χ0) is 29.3. The maximum Gasteiger partial charge on any atom is 0.0829 e. The molecule has 0 atom stereocenters. The second-order valence-corrected chi connectivity index (χ2v) is 11.1. The molecule has 3 heteroatoms. The van der Waals surface area contributed by atoms with E-state index in [4.69, 9.17) is 10.2 Å². The molecule has 2 N–H and O–H groups in total. The van der Waals surface area contributed by atoms with Gasteiger partial charge in [0.15, 0.2) is 0 Å². The summed E-state index contributed by atoms with van der Waals surface area (Å²) in [4.78, 5) is 0. The molecule has 3 saturated carbocycles. The molecule has 0 bridgehead atoms. The van der Waals surface area contributed by atoms with Gasteiger partial charge in [-0.3, -0.25) is 0 Å². The van der Waals surface area contributed by atoms with E-state index < -0.39 is 0 Å². The Balaban J connectivity index is -0.000000434. The van der Waals surface area contributed by atoms with E-state index in [1.165, 1.54) is 205 Å². The predicted octanol–water partition coefficient (Wildman–Crippen LogP) is 12.2. The van der Waals surface area contributed by atoms with E-state index in [-0.39, 0.29) is 0 Å². The highest BCUT2D eigenvalue weighted by atomic mass is 16.5. The molecule has 3 rings (SSSR count). The Morgan fingerprint density at radius 2 is 0.359 bits per heavy atom. The number of ether oxygens (including phenoxy) is 1. The zero-order valence-electron chi connectivity index (χ0n) is 27.1. The molecule has 0 saturated heterocycles. The number of rotatable bonds is 2. The van der Waals surface area contributed by atoms with E-state index in [9.17, 15) is 0 Å². The smallest absolute Gasteiger partial charge is 0.0829 e. The molecule has 236 valence electrons. The van der Waals surface area contributed by atoms with Crippen LogP contribution in [0.25, 0.3) is 0 Å². The van der Waals surface area contributed by atoms with Gasteiger partial charge in [-0.15, -0.1) is 0 Å². The summed E-state index contributed by atoms with van der Waals surface area (Å²) in [5.41, 5.74) is 0. The summed E-state index contributed by atoms with van der Waals surface area (Å²) in [6, 6.07) is 0. The van der Waals surface area contributed by atoms with E-state index in [1.807, 2.05) is 0 Å².